The summed E-state index contributed by atoms with van der Waals surface area (Å²) in [7, 11) is 2.13. The van der Waals surface area contributed by atoms with E-state index in [1.807, 2.05) is 24.4 Å². The summed E-state index contributed by atoms with van der Waals surface area (Å²) in [5.74, 6) is 0.429. The first-order valence-corrected chi connectivity index (χ1v) is 13.6. The van der Waals surface area contributed by atoms with Crippen molar-refractivity contribution in [1.29, 1.82) is 0 Å². The summed E-state index contributed by atoms with van der Waals surface area (Å²) < 4.78 is 5.93. The van der Waals surface area contributed by atoms with E-state index in [0.717, 1.165) is 76.1 Å². The highest BCUT2D eigenvalue weighted by atomic mass is 16.5. The number of nitrogens with one attached hydrogen (secondary N) is 2. The van der Waals surface area contributed by atoms with Gasteiger partial charge in [-0.1, -0.05) is 42.5 Å². The Labute approximate surface area is 220 Å². The topological polar surface area (TPSA) is 73.5 Å². The molecule has 196 valence electrons. The molecule has 2 N–H and O–H groups in total. The number of ether oxygens (including phenoxy) is 1. The predicted octanol–water partition coefficient (Wildman–Crippen LogP) is 4.30. The van der Waals surface area contributed by atoms with Crippen molar-refractivity contribution in [3.05, 3.63) is 77.6 Å². The number of carbonyl (C=O) groups is 1. The van der Waals surface area contributed by atoms with E-state index in [2.05, 4.69) is 68.8 Å². The van der Waals surface area contributed by atoms with Crippen molar-refractivity contribution >= 4 is 5.91 Å². The fourth-order valence-corrected chi connectivity index (χ4v) is 5.51. The van der Waals surface area contributed by atoms with Crippen LogP contribution in [0.15, 0.2) is 60.8 Å². The lowest BCUT2D eigenvalue weighted by Crippen LogP contribution is -2.43. The van der Waals surface area contributed by atoms with Gasteiger partial charge in [0.25, 0.3) is 5.91 Å². The minimum Gasteiger partial charge on any atom is -0.375 e. The largest absolute Gasteiger partial charge is 0.375 e. The molecule has 3 aromatic rings. The lowest BCUT2D eigenvalue weighted by atomic mass is 9.90. The van der Waals surface area contributed by atoms with Crippen molar-refractivity contribution in [2.24, 2.45) is 0 Å². The molecule has 2 saturated heterocycles. The van der Waals surface area contributed by atoms with Crippen LogP contribution >= 0.6 is 0 Å². The molecule has 0 radical (unpaired) electrons. The van der Waals surface area contributed by atoms with Crippen LogP contribution in [0.2, 0.25) is 0 Å². The number of amides is 1. The summed E-state index contributed by atoms with van der Waals surface area (Å²) in [6.07, 6.45) is 6.25. The molecule has 37 heavy (non-hydrogen) atoms. The van der Waals surface area contributed by atoms with Crippen LogP contribution in [0.4, 0.5) is 0 Å². The third-order valence-electron chi connectivity index (χ3n) is 7.76. The zero-order valence-corrected chi connectivity index (χ0v) is 21.9. The van der Waals surface area contributed by atoms with E-state index in [1.165, 1.54) is 11.3 Å². The molecule has 7 heteroatoms. The minimum atomic E-state index is 0.0194. The molecule has 1 atom stereocenters. The average molecular weight is 502 g/mol. The first kappa shape index (κ1) is 25.6. The van der Waals surface area contributed by atoms with Crippen LogP contribution in [0.5, 0.6) is 0 Å². The third kappa shape index (κ3) is 6.86. The van der Waals surface area contributed by atoms with Crippen LogP contribution in [0.3, 0.4) is 0 Å². The molecule has 0 aliphatic carbocycles. The highest BCUT2D eigenvalue weighted by Gasteiger charge is 2.25. The van der Waals surface area contributed by atoms with Gasteiger partial charge in [-0.05, 0) is 75.6 Å². The number of hydrogen-bond donors (Lipinski definition) is 2. The smallest absolute Gasteiger partial charge is 0.251 e. The number of hydrogen-bond acceptors (Lipinski definition) is 5. The predicted molar refractivity (Wildman–Crippen MR) is 147 cm³/mol. The number of nitrogens with zero attached hydrogens (tertiary/aromatic N) is 3. The lowest BCUT2D eigenvalue weighted by molar-refractivity contribution is 0.0827. The maximum atomic E-state index is 12.8. The SMILES string of the molecule is CN1CCC(NC(=O)c2ccc(-c3cn[nH]c3[C@H]3CCCN(CCOCc4ccccc4)C3)cc2)CC1. The Balaban J connectivity index is 1.15. The summed E-state index contributed by atoms with van der Waals surface area (Å²) in [6.45, 7) is 6.51. The normalized spacial score (nSPS) is 19.6. The first-order chi connectivity index (χ1) is 18.2. The second kappa shape index (κ2) is 12.5. The van der Waals surface area contributed by atoms with Gasteiger partial charge in [-0.2, -0.15) is 5.10 Å². The van der Waals surface area contributed by atoms with Crippen LogP contribution in [0, 0.1) is 0 Å². The van der Waals surface area contributed by atoms with Gasteiger partial charge in [0, 0.05) is 41.9 Å². The monoisotopic (exact) mass is 501 g/mol. The number of benzene rings is 2. The van der Waals surface area contributed by atoms with Gasteiger partial charge >= 0.3 is 0 Å². The molecule has 1 amide bonds. The Morgan fingerprint density at radius 2 is 1.84 bits per heavy atom. The Hall–Kier alpha value is -3.00. The van der Waals surface area contributed by atoms with E-state index in [4.69, 9.17) is 4.74 Å². The quantitative estimate of drug-likeness (QED) is 0.428. The summed E-state index contributed by atoms with van der Waals surface area (Å²) in [5, 5.41) is 10.9. The van der Waals surface area contributed by atoms with Crippen LogP contribution in [0.25, 0.3) is 11.1 Å². The van der Waals surface area contributed by atoms with E-state index >= 15 is 0 Å². The highest BCUT2D eigenvalue weighted by molar-refractivity contribution is 5.94. The van der Waals surface area contributed by atoms with Gasteiger partial charge < -0.3 is 19.9 Å². The molecular formula is C30H39N5O2. The maximum absolute atomic E-state index is 12.8. The number of carbonyl (C=O) groups excluding carboxylic acids is 1. The molecule has 1 aromatic heterocycles. The minimum absolute atomic E-state index is 0.0194. The summed E-state index contributed by atoms with van der Waals surface area (Å²) in [4.78, 5) is 17.6. The fourth-order valence-electron chi connectivity index (χ4n) is 5.51. The molecule has 2 aromatic carbocycles. The Kier molecular flexibility index (Phi) is 8.66. The molecule has 0 bridgehead atoms. The van der Waals surface area contributed by atoms with Crippen molar-refractivity contribution in [3.8, 4) is 11.1 Å². The zero-order chi connectivity index (χ0) is 25.5. The summed E-state index contributed by atoms with van der Waals surface area (Å²) >= 11 is 0. The number of likely N-dealkylation sites (tertiary alicyclic amines) is 2. The van der Waals surface area contributed by atoms with Crippen LogP contribution in [0.1, 0.15) is 53.2 Å². The number of aromatic amines is 1. The van der Waals surface area contributed by atoms with Gasteiger partial charge in [-0.3, -0.25) is 9.89 Å². The first-order valence-electron chi connectivity index (χ1n) is 13.6. The van der Waals surface area contributed by atoms with Crippen LogP contribution < -0.4 is 5.32 Å². The molecule has 7 nitrogen and oxygen atoms in total. The van der Waals surface area contributed by atoms with Crippen LogP contribution in [-0.4, -0.2) is 78.3 Å². The van der Waals surface area contributed by atoms with Crippen LogP contribution in [-0.2, 0) is 11.3 Å². The molecule has 0 spiro atoms. The van der Waals surface area contributed by atoms with Crippen molar-refractivity contribution in [2.45, 2.75) is 44.2 Å². The number of H-pyrrole nitrogens is 1. The number of rotatable bonds is 9. The summed E-state index contributed by atoms with van der Waals surface area (Å²) in [5.41, 5.74) is 5.36. The molecule has 2 fully saturated rings. The van der Waals surface area contributed by atoms with Gasteiger partial charge in [0.05, 0.1) is 19.4 Å². The van der Waals surface area contributed by atoms with E-state index in [-0.39, 0.29) is 11.9 Å². The lowest BCUT2D eigenvalue weighted by Gasteiger charge is -2.32. The van der Waals surface area contributed by atoms with Crippen molar-refractivity contribution < 1.29 is 9.53 Å². The fraction of sp³-hybridized carbons (Fsp3) is 0.467. The molecule has 2 aliphatic rings. The zero-order valence-electron chi connectivity index (χ0n) is 21.9. The molecular weight excluding hydrogens is 462 g/mol. The molecule has 5 rings (SSSR count). The second-order valence-corrected chi connectivity index (χ2v) is 10.5. The molecule has 3 heterocycles. The number of aromatic nitrogens is 2. The third-order valence-corrected chi connectivity index (χ3v) is 7.76. The van der Waals surface area contributed by atoms with Crippen molar-refractivity contribution in [2.75, 3.05) is 46.4 Å². The van der Waals surface area contributed by atoms with E-state index in [1.54, 1.807) is 0 Å². The van der Waals surface area contributed by atoms with Gasteiger partial charge in [0.1, 0.15) is 0 Å². The van der Waals surface area contributed by atoms with Crippen molar-refractivity contribution in [1.82, 2.24) is 25.3 Å². The highest BCUT2D eigenvalue weighted by Crippen LogP contribution is 2.33. The Morgan fingerprint density at radius 1 is 1.05 bits per heavy atom. The van der Waals surface area contributed by atoms with Gasteiger partial charge in [0.2, 0.25) is 0 Å². The Bertz CT molecular complexity index is 1120. The molecule has 0 unspecified atom stereocenters. The van der Waals surface area contributed by atoms with E-state index in [0.29, 0.717) is 18.1 Å². The number of piperidine rings is 2. The summed E-state index contributed by atoms with van der Waals surface area (Å²) in [6, 6.07) is 18.6. The Morgan fingerprint density at radius 3 is 2.62 bits per heavy atom. The average Bonchev–Trinajstić information content (AvgIpc) is 3.43. The van der Waals surface area contributed by atoms with Gasteiger partial charge in [0.15, 0.2) is 0 Å². The van der Waals surface area contributed by atoms with Crippen molar-refractivity contribution in [3.63, 3.8) is 0 Å². The molecule has 2 aliphatic heterocycles. The van der Waals surface area contributed by atoms with Gasteiger partial charge in [-0.15, -0.1) is 0 Å². The van der Waals surface area contributed by atoms with E-state index < -0.39 is 0 Å². The standard InChI is InChI=1S/C30H39N5O2/c1-34-16-13-27(14-17-34)32-30(36)25-11-9-24(10-12-25)28-20-31-33-29(28)26-8-5-15-35(21-26)18-19-37-22-23-6-3-2-4-7-23/h2-4,6-7,9-12,20,26-27H,5,8,13-19,21-22H2,1H3,(H,31,33)(H,32,36)/t26-/m0/s1. The van der Waals surface area contributed by atoms with Gasteiger partial charge in [-0.25, -0.2) is 0 Å². The molecule has 0 saturated carbocycles. The maximum Gasteiger partial charge on any atom is 0.251 e. The second-order valence-electron chi connectivity index (χ2n) is 10.5. The van der Waals surface area contributed by atoms with E-state index in [9.17, 15) is 4.79 Å².